The van der Waals surface area contributed by atoms with Crippen molar-refractivity contribution in [2.45, 2.75) is 129 Å². The zero-order valence-corrected chi connectivity index (χ0v) is 35.1. The number of aromatic nitrogens is 2. The first-order chi connectivity index (χ1) is 28.3. The van der Waals surface area contributed by atoms with Crippen LogP contribution >= 0.6 is 0 Å². The number of nitrogens with one attached hydrogen (secondary N) is 1. The molecule has 11 nitrogen and oxygen atoms in total. The number of rotatable bonds is 19. The number of carbonyl (C=O) groups is 6. The van der Waals surface area contributed by atoms with Crippen molar-refractivity contribution in [2.24, 2.45) is 29.1 Å². The van der Waals surface area contributed by atoms with Gasteiger partial charge in [-0.1, -0.05) is 102 Å². The highest BCUT2D eigenvalue weighted by atomic mass is 16.5. The van der Waals surface area contributed by atoms with Crippen molar-refractivity contribution < 1.29 is 33.5 Å². The van der Waals surface area contributed by atoms with Crippen LogP contribution in [0.3, 0.4) is 0 Å². The fourth-order valence-corrected chi connectivity index (χ4v) is 8.85. The average Bonchev–Trinajstić information content (AvgIpc) is 3.96. The van der Waals surface area contributed by atoms with Gasteiger partial charge >= 0.3 is 0 Å². The largest absolute Gasteiger partial charge is 0.488 e. The number of amides is 2. The van der Waals surface area contributed by atoms with Crippen molar-refractivity contribution in [3.05, 3.63) is 78.9 Å². The fraction of sp³-hybridized carbons (Fsp3) is 0.542. The fourth-order valence-electron chi connectivity index (χ4n) is 8.85. The minimum absolute atomic E-state index is 0.0909. The molecule has 3 aliphatic rings. The molecule has 1 aromatic heterocycles. The van der Waals surface area contributed by atoms with E-state index in [2.05, 4.69) is 15.3 Å². The zero-order valence-electron chi connectivity index (χ0n) is 35.1. The summed E-state index contributed by atoms with van der Waals surface area (Å²) < 4.78 is 6.67. The summed E-state index contributed by atoms with van der Waals surface area (Å²) in [6.07, 6.45) is 11.2. The van der Waals surface area contributed by atoms with Gasteiger partial charge in [0, 0.05) is 55.5 Å². The SMILES string of the molecule is CCC[C@H](CC(=O)[C@@H]1C[C@@H](Oc2ccccc2-c2ccccc2)CN1C(=O)[C@@H](CC(=O)[C@@H](NC(=O)c1cnccn1)C1CCCCC1)C(C)(C)C)C(=O)C(=O)CC1CC1. The van der Waals surface area contributed by atoms with Gasteiger partial charge in [-0.3, -0.25) is 33.8 Å². The number of hydrogen-bond acceptors (Lipinski definition) is 9. The van der Waals surface area contributed by atoms with Crippen LogP contribution < -0.4 is 10.1 Å². The summed E-state index contributed by atoms with van der Waals surface area (Å²) in [4.78, 5) is 93.7. The molecule has 1 aliphatic heterocycles. The lowest BCUT2D eigenvalue weighted by molar-refractivity contribution is -0.147. The lowest BCUT2D eigenvalue weighted by Crippen LogP contribution is -2.51. The maximum absolute atomic E-state index is 15.1. The average molecular weight is 805 g/mol. The second-order valence-electron chi connectivity index (χ2n) is 18.0. The molecule has 3 fully saturated rings. The van der Waals surface area contributed by atoms with Crippen LogP contribution in [0.15, 0.2) is 73.2 Å². The number of ketones is 4. The monoisotopic (exact) mass is 804 g/mol. The van der Waals surface area contributed by atoms with E-state index in [0.717, 1.165) is 56.1 Å². The zero-order chi connectivity index (χ0) is 42.1. The minimum Gasteiger partial charge on any atom is -0.488 e. The van der Waals surface area contributed by atoms with Gasteiger partial charge in [0.1, 0.15) is 17.5 Å². The van der Waals surface area contributed by atoms with Gasteiger partial charge in [0.05, 0.1) is 24.8 Å². The van der Waals surface area contributed by atoms with Gasteiger partial charge in [0.15, 0.2) is 17.3 Å². The van der Waals surface area contributed by atoms with E-state index in [-0.39, 0.29) is 67.2 Å². The molecule has 5 atom stereocenters. The van der Waals surface area contributed by atoms with E-state index in [1.54, 1.807) is 4.90 Å². The van der Waals surface area contributed by atoms with Crippen LogP contribution in [0.5, 0.6) is 5.75 Å². The lowest BCUT2D eigenvalue weighted by atomic mass is 9.74. The van der Waals surface area contributed by atoms with Gasteiger partial charge in [0.25, 0.3) is 5.91 Å². The number of Topliss-reactive ketones (excluding diaryl/α,β-unsaturated/α-hetero) is 4. The third-order valence-corrected chi connectivity index (χ3v) is 12.4. The van der Waals surface area contributed by atoms with Crippen LogP contribution in [0.2, 0.25) is 0 Å². The van der Waals surface area contributed by atoms with Gasteiger partial charge in [-0.15, -0.1) is 0 Å². The van der Waals surface area contributed by atoms with Gasteiger partial charge in [-0.05, 0) is 61.0 Å². The van der Waals surface area contributed by atoms with E-state index in [4.69, 9.17) is 4.74 Å². The molecule has 2 amide bonds. The Morgan fingerprint density at radius 1 is 0.881 bits per heavy atom. The molecule has 0 unspecified atom stereocenters. The molecule has 2 aliphatic carbocycles. The first-order valence-corrected chi connectivity index (χ1v) is 21.6. The third kappa shape index (κ3) is 11.4. The molecule has 1 N–H and O–H groups in total. The van der Waals surface area contributed by atoms with Crippen LogP contribution in [0, 0.1) is 29.1 Å². The standard InChI is InChI=1S/C48H60N4O7/c1-5-14-34(45(56)42(55)25-31-21-22-31)26-40(53)39-27-35(59-43-20-13-12-19-36(43)32-15-8-6-9-16-32)30-52(39)47(58)37(48(2,3)4)28-41(54)44(33-17-10-7-11-18-33)51-46(57)38-29-49-23-24-50-38/h6,8-9,12-13,15-16,19-20,23-24,29,31,33-35,37,39,44H,5,7,10-11,14,17-18,21-22,25-28,30H2,1-4H3,(H,51,57)/t34-,35-,37-,39+,44+/m1/s1. The topological polar surface area (TPSA) is 153 Å². The van der Waals surface area contributed by atoms with E-state index in [1.165, 1.54) is 18.6 Å². The van der Waals surface area contributed by atoms with E-state index in [1.807, 2.05) is 82.3 Å². The van der Waals surface area contributed by atoms with Crippen LogP contribution in [0.4, 0.5) is 0 Å². The highest BCUT2D eigenvalue weighted by Crippen LogP contribution is 2.38. The van der Waals surface area contributed by atoms with Crippen molar-refractivity contribution in [3.8, 4) is 16.9 Å². The Morgan fingerprint density at radius 2 is 1.59 bits per heavy atom. The van der Waals surface area contributed by atoms with Crippen molar-refractivity contribution in [1.29, 1.82) is 0 Å². The molecule has 0 spiro atoms. The lowest BCUT2D eigenvalue weighted by Gasteiger charge is -2.36. The summed E-state index contributed by atoms with van der Waals surface area (Å²) in [5, 5.41) is 2.97. The predicted molar refractivity (Wildman–Crippen MR) is 224 cm³/mol. The third-order valence-electron chi connectivity index (χ3n) is 12.4. The molecule has 2 aromatic carbocycles. The first kappa shape index (κ1) is 43.5. The van der Waals surface area contributed by atoms with Crippen molar-refractivity contribution in [2.75, 3.05) is 6.54 Å². The van der Waals surface area contributed by atoms with Gasteiger partial charge in [-0.25, -0.2) is 4.98 Å². The number of hydrogen-bond donors (Lipinski definition) is 1. The molecule has 6 rings (SSSR count). The summed E-state index contributed by atoms with van der Waals surface area (Å²) >= 11 is 0. The van der Waals surface area contributed by atoms with Crippen molar-refractivity contribution in [1.82, 2.24) is 20.2 Å². The molecule has 59 heavy (non-hydrogen) atoms. The molecule has 314 valence electrons. The molecule has 2 heterocycles. The smallest absolute Gasteiger partial charge is 0.272 e. The Bertz CT molecular complexity index is 1950. The summed E-state index contributed by atoms with van der Waals surface area (Å²) in [6, 6.07) is 15.8. The highest BCUT2D eigenvalue weighted by molar-refractivity contribution is 6.38. The van der Waals surface area contributed by atoms with Gasteiger partial charge in [-0.2, -0.15) is 0 Å². The summed E-state index contributed by atoms with van der Waals surface area (Å²) in [7, 11) is 0. The Hall–Kier alpha value is -5.06. The summed E-state index contributed by atoms with van der Waals surface area (Å²) in [5.41, 5.74) is 1.24. The number of para-hydroxylation sites is 1. The van der Waals surface area contributed by atoms with Crippen molar-refractivity contribution in [3.63, 3.8) is 0 Å². The Kier molecular flexibility index (Phi) is 14.6. The van der Waals surface area contributed by atoms with Crippen LogP contribution in [0.1, 0.15) is 122 Å². The summed E-state index contributed by atoms with van der Waals surface area (Å²) in [5.74, 6) is -3.11. The Balaban J connectivity index is 1.28. The molecule has 3 aromatic rings. The normalized spacial score (nSPS) is 20.0. The van der Waals surface area contributed by atoms with E-state index in [9.17, 15) is 24.0 Å². The maximum Gasteiger partial charge on any atom is 0.272 e. The predicted octanol–water partition coefficient (Wildman–Crippen LogP) is 7.81. The molecule has 0 bridgehead atoms. The molecule has 2 saturated carbocycles. The number of nitrogens with zero attached hydrogens (tertiary/aromatic N) is 3. The Morgan fingerprint density at radius 3 is 2.25 bits per heavy atom. The first-order valence-electron chi connectivity index (χ1n) is 21.6. The van der Waals surface area contributed by atoms with Gasteiger partial charge in [0.2, 0.25) is 11.7 Å². The van der Waals surface area contributed by atoms with Crippen molar-refractivity contribution >= 4 is 34.9 Å². The number of ether oxygens (including phenoxy) is 1. The van der Waals surface area contributed by atoms with Crippen LogP contribution in [-0.2, 0) is 24.0 Å². The molecule has 1 saturated heterocycles. The molecular formula is C48H60N4O7. The van der Waals surface area contributed by atoms with E-state index in [0.29, 0.717) is 18.6 Å². The minimum atomic E-state index is -0.924. The number of carbonyl (C=O) groups excluding carboxylic acids is 6. The van der Waals surface area contributed by atoms with Crippen LogP contribution in [-0.4, -0.2) is 74.5 Å². The number of benzene rings is 2. The second-order valence-corrected chi connectivity index (χ2v) is 18.0. The molecule has 11 heteroatoms. The summed E-state index contributed by atoms with van der Waals surface area (Å²) in [6.45, 7) is 7.76. The Labute approximate surface area is 348 Å². The van der Waals surface area contributed by atoms with E-state index >= 15 is 4.79 Å². The highest BCUT2D eigenvalue weighted by Gasteiger charge is 2.47. The second kappa shape index (κ2) is 19.8. The molecular weight excluding hydrogens is 745 g/mol. The molecule has 0 radical (unpaired) electrons. The van der Waals surface area contributed by atoms with Crippen LogP contribution in [0.25, 0.3) is 11.1 Å². The van der Waals surface area contributed by atoms with Gasteiger partial charge < -0.3 is 15.0 Å². The van der Waals surface area contributed by atoms with E-state index < -0.39 is 52.9 Å². The maximum atomic E-state index is 15.1. The quantitative estimate of drug-likeness (QED) is 0.120. The number of likely N-dealkylation sites (tertiary alicyclic amines) is 1.